The van der Waals surface area contributed by atoms with Crippen LogP contribution in [-0.2, 0) is 0 Å². The molecule has 12 aromatic rings. The van der Waals surface area contributed by atoms with Crippen LogP contribution in [0.1, 0.15) is 0 Å². The Hall–Kier alpha value is -7.62. The minimum Gasteiger partial charge on any atom is -0.309 e. The molecule has 9 aromatic carbocycles. The average Bonchev–Trinajstić information content (AvgIpc) is 3.93. The second-order valence-corrected chi connectivity index (χ2v) is 14.9. The van der Waals surface area contributed by atoms with Gasteiger partial charge in [0.1, 0.15) is 0 Å². The van der Waals surface area contributed by atoms with Gasteiger partial charge in [-0.3, -0.25) is 0 Å². The van der Waals surface area contributed by atoms with Gasteiger partial charge in [0, 0.05) is 49.4 Å². The van der Waals surface area contributed by atoms with Crippen LogP contribution in [0.15, 0.2) is 212 Å². The van der Waals surface area contributed by atoms with E-state index < -0.39 is 0 Å². The Morgan fingerprint density at radius 3 is 1.60 bits per heavy atom. The minimum atomic E-state index is 1.09. The number of benzene rings is 9. The zero-order valence-corrected chi connectivity index (χ0v) is 31.0. The molecule has 3 nitrogen and oxygen atoms in total. The largest absolute Gasteiger partial charge is 0.309 e. The Morgan fingerprint density at radius 2 is 0.842 bits per heavy atom. The van der Waals surface area contributed by atoms with Crippen molar-refractivity contribution >= 4 is 77.0 Å². The number of anilines is 3. The Balaban J connectivity index is 1.15. The van der Waals surface area contributed by atoms with Crippen LogP contribution in [0.25, 0.3) is 87.8 Å². The van der Waals surface area contributed by atoms with Crippen molar-refractivity contribution in [3.63, 3.8) is 0 Å². The van der Waals surface area contributed by atoms with Gasteiger partial charge in [0.2, 0.25) is 0 Å². The van der Waals surface area contributed by atoms with Crippen LogP contribution in [0.2, 0.25) is 0 Å². The zero-order valence-electron chi connectivity index (χ0n) is 31.0. The Kier molecular flexibility index (Phi) is 6.93. The molecule has 0 aliphatic rings. The quantitative estimate of drug-likeness (QED) is 0.166. The number of para-hydroxylation sites is 4. The van der Waals surface area contributed by atoms with Crippen molar-refractivity contribution < 1.29 is 0 Å². The van der Waals surface area contributed by atoms with Gasteiger partial charge in [0.05, 0.1) is 33.3 Å². The maximum atomic E-state index is 2.50. The topological polar surface area (TPSA) is 12.6 Å². The predicted molar refractivity (Wildman–Crippen MR) is 241 cm³/mol. The van der Waals surface area contributed by atoms with Gasteiger partial charge < -0.3 is 13.9 Å². The Labute approximate surface area is 329 Å². The molecule has 12 rings (SSSR count). The Morgan fingerprint density at radius 1 is 0.298 bits per heavy atom. The molecule has 0 spiro atoms. The summed E-state index contributed by atoms with van der Waals surface area (Å²) in [5.74, 6) is 0. The fourth-order valence-corrected chi connectivity index (χ4v) is 9.31. The lowest BCUT2D eigenvalue weighted by Gasteiger charge is -2.27. The van der Waals surface area contributed by atoms with Crippen LogP contribution in [0.4, 0.5) is 17.1 Å². The van der Waals surface area contributed by atoms with E-state index in [0.29, 0.717) is 0 Å². The van der Waals surface area contributed by atoms with Crippen LogP contribution >= 0.6 is 0 Å². The molecule has 0 radical (unpaired) electrons. The molecular formula is C54H35N3. The average molecular weight is 726 g/mol. The first-order valence-corrected chi connectivity index (χ1v) is 19.6. The lowest BCUT2D eigenvalue weighted by Crippen LogP contribution is -2.11. The fourth-order valence-electron chi connectivity index (χ4n) is 9.31. The van der Waals surface area contributed by atoms with E-state index in [1.807, 2.05) is 0 Å². The highest BCUT2D eigenvalue weighted by Gasteiger charge is 2.24. The van der Waals surface area contributed by atoms with Crippen molar-refractivity contribution in [2.24, 2.45) is 0 Å². The molecule has 0 atom stereocenters. The molecule has 0 fully saturated rings. The molecule has 57 heavy (non-hydrogen) atoms. The van der Waals surface area contributed by atoms with E-state index in [1.165, 1.54) is 76.6 Å². The molecule has 0 unspecified atom stereocenters. The molecule has 3 aromatic heterocycles. The van der Waals surface area contributed by atoms with Crippen molar-refractivity contribution in [2.45, 2.75) is 0 Å². The standard InChI is InChI=1S/C54H35N3/c1-4-14-36(15-5-1)38-26-29-41(30-27-38)55(51-25-13-23-47-46-22-12-21-45-43-20-10-11-24-49(43)57(53(45)46)54(47)51)42-31-32-44-48-34-39(37-16-6-2-7-17-37)28-33-50(48)56(52(44)35-42)40-18-8-3-9-19-40/h1-35H. The number of fused-ring (bicyclic) bond motifs is 9. The molecule has 0 N–H and O–H groups in total. The first-order valence-electron chi connectivity index (χ1n) is 19.6. The maximum absolute atomic E-state index is 2.50. The first kappa shape index (κ1) is 31.7. The molecule has 0 bridgehead atoms. The van der Waals surface area contributed by atoms with E-state index in [0.717, 1.165) is 28.3 Å². The fraction of sp³-hybridized carbons (Fsp3) is 0. The van der Waals surface area contributed by atoms with Gasteiger partial charge in [-0.25, -0.2) is 0 Å². The van der Waals surface area contributed by atoms with Crippen LogP contribution in [0.5, 0.6) is 0 Å². The number of nitrogens with zero attached hydrogens (tertiary/aromatic N) is 3. The van der Waals surface area contributed by atoms with Gasteiger partial charge in [0.25, 0.3) is 0 Å². The minimum absolute atomic E-state index is 1.09. The number of hydrogen-bond donors (Lipinski definition) is 0. The lowest BCUT2D eigenvalue weighted by molar-refractivity contribution is 1.18. The summed E-state index contributed by atoms with van der Waals surface area (Å²) in [6, 6.07) is 77.4. The van der Waals surface area contributed by atoms with Crippen LogP contribution in [-0.4, -0.2) is 8.97 Å². The van der Waals surface area contributed by atoms with Gasteiger partial charge in [-0.05, 0) is 82.9 Å². The number of aromatic nitrogens is 2. The van der Waals surface area contributed by atoms with Crippen LogP contribution in [0, 0.1) is 0 Å². The summed E-state index contributed by atoms with van der Waals surface area (Å²) in [5.41, 5.74) is 15.3. The third kappa shape index (κ3) is 4.79. The molecule has 0 saturated carbocycles. The number of rotatable bonds is 6. The second kappa shape index (κ2) is 12.5. The van der Waals surface area contributed by atoms with E-state index in [4.69, 9.17) is 0 Å². The van der Waals surface area contributed by atoms with Gasteiger partial charge in [0.15, 0.2) is 0 Å². The molecule has 0 aliphatic carbocycles. The van der Waals surface area contributed by atoms with Crippen molar-refractivity contribution in [1.29, 1.82) is 0 Å². The van der Waals surface area contributed by atoms with E-state index in [1.54, 1.807) is 0 Å². The summed E-state index contributed by atoms with van der Waals surface area (Å²) < 4.78 is 4.93. The normalized spacial score (nSPS) is 11.9. The molecule has 3 heterocycles. The third-order valence-corrected chi connectivity index (χ3v) is 11.8. The number of hydrogen-bond acceptors (Lipinski definition) is 1. The summed E-state index contributed by atoms with van der Waals surface area (Å²) >= 11 is 0. The second-order valence-electron chi connectivity index (χ2n) is 14.9. The third-order valence-electron chi connectivity index (χ3n) is 11.8. The summed E-state index contributed by atoms with van der Waals surface area (Å²) in [7, 11) is 0. The van der Waals surface area contributed by atoms with Crippen molar-refractivity contribution in [3.8, 4) is 27.9 Å². The maximum Gasteiger partial charge on any atom is 0.0782 e. The highest BCUT2D eigenvalue weighted by atomic mass is 15.2. The molecule has 266 valence electrons. The van der Waals surface area contributed by atoms with E-state index >= 15 is 0 Å². The smallest absolute Gasteiger partial charge is 0.0782 e. The zero-order chi connectivity index (χ0) is 37.5. The summed E-state index contributed by atoms with van der Waals surface area (Å²) in [6.45, 7) is 0. The highest BCUT2D eigenvalue weighted by Crippen LogP contribution is 2.47. The molecule has 0 amide bonds. The van der Waals surface area contributed by atoms with Crippen LogP contribution in [0.3, 0.4) is 0 Å². The summed E-state index contributed by atoms with van der Waals surface area (Å²) in [4.78, 5) is 2.46. The monoisotopic (exact) mass is 725 g/mol. The van der Waals surface area contributed by atoms with Gasteiger partial charge in [-0.1, -0.05) is 152 Å². The summed E-state index contributed by atoms with van der Waals surface area (Å²) in [5, 5.41) is 7.53. The van der Waals surface area contributed by atoms with Gasteiger partial charge in [-0.15, -0.1) is 0 Å². The molecule has 3 heteroatoms. The molecule has 0 aliphatic heterocycles. The Bertz CT molecular complexity index is 3430. The highest BCUT2D eigenvalue weighted by molar-refractivity contribution is 6.25. The predicted octanol–water partition coefficient (Wildman–Crippen LogP) is 14.7. The SMILES string of the molecule is c1ccc(-c2ccc(N(c3ccc4c5cc(-c6ccccc6)ccc5n(-c5ccccc5)c4c3)c3cccc4c5cccc6c7ccccc7n(c34)c65)cc2)cc1. The molecular weight excluding hydrogens is 691 g/mol. The lowest BCUT2D eigenvalue weighted by atomic mass is 10.0. The van der Waals surface area contributed by atoms with Gasteiger partial charge in [-0.2, -0.15) is 0 Å². The van der Waals surface area contributed by atoms with Crippen molar-refractivity contribution in [2.75, 3.05) is 4.90 Å². The van der Waals surface area contributed by atoms with E-state index in [9.17, 15) is 0 Å². The van der Waals surface area contributed by atoms with Crippen molar-refractivity contribution in [1.82, 2.24) is 8.97 Å². The van der Waals surface area contributed by atoms with Crippen LogP contribution < -0.4 is 4.90 Å². The summed E-state index contributed by atoms with van der Waals surface area (Å²) in [6.07, 6.45) is 0. The molecule has 0 saturated heterocycles. The van der Waals surface area contributed by atoms with E-state index in [2.05, 4.69) is 226 Å². The van der Waals surface area contributed by atoms with Crippen molar-refractivity contribution in [3.05, 3.63) is 212 Å². The first-order chi connectivity index (χ1) is 28.3. The van der Waals surface area contributed by atoms with E-state index in [-0.39, 0.29) is 0 Å². The van der Waals surface area contributed by atoms with Gasteiger partial charge >= 0.3 is 0 Å².